The molecule has 3 N–H and O–H groups in total. The van der Waals surface area contributed by atoms with Crippen LogP contribution < -0.4 is 11.3 Å². The van der Waals surface area contributed by atoms with Gasteiger partial charge in [-0.3, -0.25) is 5.84 Å². The number of nitrogens with one attached hydrogen (secondary N) is 1. The summed E-state index contributed by atoms with van der Waals surface area (Å²) in [5, 5.41) is 1.07. The van der Waals surface area contributed by atoms with Gasteiger partial charge >= 0.3 is 0 Å². The molecule has 0 aliphatic carbocycles. The average molecular weight is 299 g/mol. The minimum atomic E-state index is -0.314. The minimum Gasteiger partial charge on any atom is -0.271 e. The molecule has 1 atom stereocenters. The monoisotopic (exact) mass is 298 g/mol. The molecule has 0 aliphatic heterocycles. The second-order valence-electron chi connectivity index (χ2n) is 4.27. The Kier molecular flexibility index (Phi) is 4.42. The molecule has 2 nitrogen and oxygen atoms in total. The molecule has 1 unspecified atom stereocenters. The molecule has 0 saturated carbocycles. The number of hydrazine groups is 1. The van der Waals surface area contributed by atoms with Crippen LogP contribution in [0.1, 0.15) is 22.7 Å². The summed E-state index contributed by atoms with van der Waals surface area (Å²) in [5.41, 5.74) is 5.17. The minimum absolute atomic E-state index is 0.278. The van der Waals surface area contributed by atoms with Crippen LogP contribution in [-0.2, 0) is 0 Å². The normalized spacial score (nSPS) is 12.5. The van der Waals surface area contributed by atoms with Gasteiger partial charge in [-0.1, -0.05) is 35.3 Å². The van der Waals surface area contributed by atoms with Gasteiger partial charge in [-0.2, -0.15) is 0 Å². The fourth-order valence-corrected chi connectivity index (χ4v) is 2.56. The molecule has 0 aromatic heterocycles. The van der Waals surface area contributed by atoms with Gasteiger partial charge < -0.3 is 0 Å². The molecule has 0 radical (unpaired) electrons. The topological polar surface area (TPSA) is 38.0 Å². The summed E-state index contributed by atoms with van der Waals surface area (Å²) in [6, 6.07) is 9.44. The van der Waals surface area contributed by atoms with Crippen LogP contribution in [0.2, 0.25) is 10.0 Å². The highest BCUT2D eigenvalue weighted by atomic mass is 35.5. The zero-order valence-electron chi connectivity index (χ0n) is 10.3. The first-order valence-electron chi connectivity index (χ1n) is 5.70. The van der Waals surface area contributed by atoms with Crippen molar-refractivity contribution in [1.29, 1.82) is 0 Å². The van der Waals surface area contributed by atoms with Crippen molar-refractivity contribution in [1.82, 2.24) is 5.43 Å². The van der Waals surface area contributed by atoms with Crippen LogP contribution in [0, 0.1) is 12.7 Å². The number of aryl methyl sites for hydroxylation is 1. The van der Waals surface area contributed by atoms with Crippen molar-refractivity contribution in [3.05, 3.63) is 69.0 Å². The van der Waals surface area contributed by atoms with Crippen LogP contribution >= 0.6 is 23.2 Å². The Morgan fingerprint density at radius 2 is 1.79 bits per heavy atom. The number of halogens is 3. The summed E-state index contributed by atoms with van der Waals surface area (Å²) in [6.07, 6.45) is 0. The van der Waals surface area contributed by atoms with E-state index in [2.05, 4.69) is 5.43 Å². The van der Waals surface area contributed by atoms with Crippen LogP contribution in [0.25, 0.3) is 0 Å². The maximum absolute atomic E-state index is 13.2. The standard InChI is InChI=1S/C14H13Cl2FN2/c1-8-6-10(17)3-5-11(8)14(19-18)12-4-2-9(15)7-13(12)16/h2-7,14,19H,18H2,1H3. The highest BCUT2D eigenvalue weighted by Crippen LogP contribution is 2.31. The molecule has 2 aromatic carbocycles. The van der Waals surface area contributed by atoms with E-state index < -0.39 is 0 Å². The summed E-state index contributed by atoms with van der Waals surface area (Å²) in [7, 11) is 0. The van der Waals surface area contributed by atoms with Crippen molar-refractivity contribution in [3.8, 4) is 0 Å². The Bertz CT molecular complexity index is 550. The summed E-state index contributed by atoms with van der Waals surface area (Å²) >= 11 is 12.1. The molecule has 2 rings (SSSR count). The molecule has 0 fully saturated rings. The third-order valence-electron chi connectivity index (χ3n) is 2.98. The Morgan fingerprint density at radius 1 is 1.11 bits per heavy atom. The fourth-order valence-electron chi connectivity index (χ4n) is 2.05. The molecular weight excluding hydrogens is 286 g/mol. The van der Waals surface area contributed by atoms with Gasteiger partial charge in [-0.25, -0.2) is 9.82 Å². The lowest BCUT2D eigenvalue weighted by Gasteiger charge is -2.20. The van der Waals surface area contributed by atoms with E-state index in [1.807, 2.05) is 6.92 Å². The molecule has 5 heteroatoms. The van der Waals surface area contributed by atoms with Crippen LogP contribution in [0.15, 0.2) is 36.4 Å². The van der Waals surface area contributed by atoms with E-state index in [9.17, 15) is 4.39 Å². The number of benzene rings is 2. The van der Waals surface area contributed by atoms with Crippen molar-refractivity contribution in [3.63, 3.8) is 0 Å². The Balaban J connectivity index is 2.50. The van der Waals surface area contributed by atoms with Crippen LogP contribution in [0.3, 0.4) is 0 Å². The fraction of sp³-hybridized carbons (Fsp3) is 0.143. The van der Waals surface area contributed by atoms with Gasteiger partial charge in [-0.15, -0.1) is 0 Å². The van der Waals surface area contributed by atoms with Crippen molar-refractivity contribution in [2.75, 3.05) is 0 Å². The molecule has 0 amide bonds. The summed E-state index contributed by atoms with van der Waals surface area (Å²) in [5.74, 6) is 5.34. The first-order chi connectivity index (χ1) is 9.02. The number of hydrogen-bond donors (Lipinski definition) is 2. The Labute approximate surface area is 121 Å². The predicted octanol–water partition coefficient (Wildman–Crippen LogP) is 3.99. The molecule has 0 aliphatic rings. The molecule has 19 heavy (non-hydrogen) atoms. The lowest BCUT2D eigenvalue weighted by Crippen LogP contribution is -2.29. The van der Waals surface area contributed by atoms with Gasteiger partial charge in [0.05, 0.1) is 6.04 Å². The van der Waals surface area contributed by atoms with E-state index in [4.69, 9.17) is 29.0 Å². The lowest BCUT2D eigenvalue weighted by atomic mass is 9.95. The third kappa shape index (κ3) is 3.07. The molecule has 0 spiro atoms. The number of hydrogen-bond acceptors (Lipinski definition) is 2. The maximum Gasteiger partial charge on any atom is 0.123 e. The van der Waals surface area contributed by atoms with Gasteiger partial charge in [0.25, 0.3) is 0 Å². The molecule has 100 valence electrons. The van der Waals surface area contributed by atoms with Gasteiger partial charge in [0, 0.05) is 10.0 Å². The predicted molar refractivity (Wildman–Crippen MR) is 76.8 cm³/mol. The van der Waals surface area contributed by atoms with Gasteiger partial charge in [0.15, 0.2) is 0 Å². The molecular formula is C14H13Cl2FN2. The Morgan fingerprint density at radius 3 is 2.37 bits per heavy atom. The quantitative estimate of drug-likeness (QED) is 0.664. The molecule has 0 heterocycles. The van der Waals surface area contributed by atoms with E-state index in [-0.39, 0.29) is 11.9 Å². The van der Waals surface area contributed by atoms with E-state index in [0.717, 1.165) is 16.7 Å². The lowest BCUT2D eigenvalue weighted by molar-refractivity contribution is 0.612. The zero-order valence-corrected chi connectivity index (χ0v) is 11.8. The van der Waals surface area contributed by atoms with Gasteiger partial charge in [0.2, 0.25) is 0 Å². The van der Waals surface area contributed by atoms with Crippen molar-refractivity contribution >= 4 is 23.2 Å². The summed E-state index contributed by atoms with van der Waals surface area (Å²) in [6.45, 7) is 1.83. The number of rotatable bonds is 3. The van der Waals surface area contributed by atoms with E-state index in [1.54, 1.807) is 24.3 Å². The van der Waals surface area contributed by atoms with E-state index >= 15 is 0 Å². The first-order valence-corrected chi connectivity index (χ1v) is 6.45. The van der Waals surface area contributed by atoms with Crippen molar-refractivity contribution < 1.29 is 4.39 Å². The average Bonchev–Trinajstić information content (AvgIpc) is 2.34. The first kappa shape index (κ1) is 14.3. The highest BCUT2D eigenvalue weighted by Gasteiger charge is 2.18. The van der Waals surface area contributed by atoms with Crippen molar-refractivity contribution in [2.24, 2.45) is 5.84 Å². The maximum atomic E-state index is 13.2. The number of nitrogens with two attached hydrogens (primary N) is 1. The second kappa shape index (κ2) is 5.88. The SMILES string of the molecule is Cc1cc(F)ccc1C(NN)c1ccc(Cl)cc1Cl. The molecule has 0 saturated heterocycles. The second-order valence-corrected chi connectivity index (χ2v) is 5.11. The molecule has 2 aromatic rings. The largest absolute Gasteiger partial charge is 0.271 e. The van der Waals surface area contributed by atoms with Crippen LogP contribution in [0.4, 0.5) is 4.39 Å². The molecule has 0 bridgehead atoms. The van der Waals surface area contributed by atoms with Gasteiger partial charge in [-0.05, 0) is 47.9 Å². The summed E-state index contributed by atoms with van der Waals surface area (Å²) in [4.78, 5) is 0. The van der Waals surface area contributed by atoms with Crippen LogP contribution in [0.5, 0.6) is 0 Å². The van der Waals surface area contributed by atoms with Gasteiger partial charge in [0.1, 0.15) is 5.82 Å². The van der Waals surface area contributed by atoms with Crippen molar-refractivity contribution in [2.45, 2.75) is 13.0 Å². The highest BCUT2D eigenvalue weighted by molar-refractivity contribution is 6.35. The van der Waals surface area contributed by atoms with E-state index in [1.165, 1.54) is 12.1 Å². The third-order valence-corrected chi connectivity index (χ3v) is 3.55. The Hall–Kier alpha value is -1.13. The summed E-state index contributed by atoms with van der Waals surface area (Å²) < 4.78 is 13.2. The van der Waals surface area contributed by atoms with Crippen LogP contribution in [-0.4, -0.2) is 0 Å². The smallest absolute Gasteiger partial charge is 0.123 e. The zero-order chi connectivity index (χ0) is 14.0. The van der Waals surface area contributed by atoms with E-state index in [0.29, 0.717) is 10.0 Å².